The average Bonchev–Trinajstić information content (AvgIpc) is 3.15. The van der Waals surface area contributed by atoms with Crippen LogP contribution in [0.3, 0.4) is 0 Å². The van der Waals surface area contributed by atoms with Crippen LogP contribution in [0.4, 0.5) is 5.69 Å². The van der Waals surface area contributed by atoms with E-state index in [1.165, 1.54) is 43.2 Å². The number of anilines is 1. The number of amides is 2. The highest BCUT2D eigenvalue weighted by Gasteiger charge is 2.47. The number of aryl methyl sites for hydroxylation is 2. The van der Waals surface area contributed by atoms with Crippen LogP contribution in [0.2, 0.25) is 0 Å². The van der Waals surface area contributed by atoms with E-state index in [1.807, 2.05) is 0 Å². The molecule has 0 radical (unpaired) electrons. The topological polar surface area (TPSA) is 40.6 Å². The zero-order valence-electron chi connectivity index (χ0n) is 20.3. The van der Waals surface area contributed by atoms with Crippen molar-refractivity contribution in [1.29, 1.82) is 0 Å². The molecule has 3 atom stereocenters. The molecule has 3 unspecified atom stereocenters. The van der Waals surface area contributed by atoms with Crippen molar-refractivity contribution in [2.24, 2.45) is 35.5 Å². The zero-order chi connectivity index (χ0) is 22.5. The molecule has 4 heteroatoms. The van der Waals surface area contributed by atoms with Crippen LogP contribution >= 0.6 is 0 Å². The molecule has 2 amide bonds. The van der Waals surface area contributed by atoms with Gasteiger partial charge in [0.1, 0.15) is 0 Å². The lowest BCUT2D eigenvalue weighted by Crippen LogP contribution is -2.47. The fourth-order valence-electron chi connectivity index (χ4n) is 8.33. The zero-order valence-corrected chi connectivity index (χ0v) is 20.3. The smallest absolute Gasteiger partial charge is 0.230 e. The summed E-state index contributed by atoms with van der Waals surface area (Å²) in [5, 5.41) is 0. The molecular formula is C29H40N2O2. The van der Waals surface area contributed by atoms with Crippen LogP contribution in [0, 0.1) is 42.4 Å². The highest BCUT2D eigenvalue weighted by Crippen LogP contribution is 2.53. The molecule has 0 N–H and O–H groups in total. The molecule has 7 rings (SSSR count). The Labute approximate surface area is 199 Å². The predicted octanol–water partition coefficient (Wildman–Crippen LogP) is 5.37. The minimum Gasteiger partial charge on any atom is -0.342 e. The summed E-state index contributed by atoms with van der Waals surface area (Å²) in [6, 6.07) is 6.55. The monoisotopic (exact) mass is 448 g/mol. The highest BCUT2D eigenvalue weighted by molar-refractivity contribution is 5.96. The van der Waals surface area contributed by atoms with Crippen molar-refractivity contribution in [3.8, 4) is 0 Å². The van der Waals surface area contributed by atoms with Crippen molar-refractivity contribution >= 4 is 17.5 Å². The van der Waals surface area contributed by atoms with E-state index in [0.29, 0.717) is 17.7 Å². The van der Waals surface area contributed by atoms with Gasteiger partial charge >= 0.3 is 0 Å². The van der Waals surface area contributed by atoms with E-state index >= 15 is 0 Å². The van der Waals surface area contributed by atoms with Gasteiger partial charge in [-0.2, -0.15) is 0 Å². The van der Waals surface area contributed by atoms with Crippen molar-refractivity contribution < 1.29 is 9.59 Å². The van der Waals surface area contributed by atoms with Crippen LogP contribution in [0.5, 0.6) is 0 Å². The molecule has 4 saturated carbocycles. The van der Waals surface area contributed by atoms with Gasteiger partial charge in [-0.25, -0.2) is 0 Å². The number of hydrogen-bond donors (Lipinski definition) is 0. The molecule has 0 aromatic heterocycles. The molecule has 4 nitrogen and oxygen atoms in total. The lowest BCUT2D eigenvalue weighted by Gasteiger charge is -2.40. The quantitative estimate of drug-likeness (QED) is 0.611. The maximum atomic E-state index is 13.6. The van der Waals surface area contributed by atoms with Crippen LogP contribution in [-0.4, -0.2) is 36.3 Å². The number of benzene rings is 1. The largest absolute Gasteiger partial charge is 0.342 e. The third kappa shape index (κ3) is 4.12. The Hall–Kier alpha value is -1.84. The van der Waals surface area contributed by atoms with Gasteiger partial charge in [0.05, 0.1) is 0 Å². The highest BCUT2D eigenvalue weighted by atomic mass is 16.2. The molecule has 0 spiro atoms. The molecule has 6 aliphatic rings. The molecule has 178 valence electrons. The number of carbonyl (C=O) groups excluding carboxylic acids is 2. The molecule has 4 aliphatic carbocycles. The standard InChI is InChI=1S/C29H40N2O2/c1-19-5-6-27-24(12-19)4-2-3-9-31(27)28(32)23-7-10-30(11-8-23)29(33)26-18-22-14-20-13-21(15-22)17-25(26)16-20/h5-6,12,20-23,25-26H,2-4,7-11,13-18H2,1H3. The Morgan fingerprint density at radius 3 is 2.24 bits per heavy atom. The molecule has 2 aliphatic heterocycles. The third-order valence-corrected chi connectivity index (χ3v) is 9.77. The number of piperidine rings is 1. The van der Waals surface area contributed by atoms with Crippen LogP contribution in [0.25, 0.3) is 0 Å². The second-order valence-corrected chi connectivity index (χ2v) is 12.1. The van der Waals surface area contributed by atoms with Gasteiger partial charge in [0, 0.05) is 37.2 Å². The van der Waals surface area contributed by atoms with Gasteiger partial charge in [0.2, 0.25) is 11.8 Å². The van der Waals surface area contributed by atoms with Crippen LogP contribution in [-0.2, 0) is 16.0 Å². The molecule has 4 bridgehead atoms. The van der Waals surface area contributed by atoms with E-state index in [0.717, 1.165) is 81.6 Å². The predicted molar refractivity (Wildman–Crippen MR) is 131 cm³/mol. The summed E-state index contributed by atoms with van der Waals surface area (Å²) in [7, 11) is 0. The molecule has 1 aromatic rings. The maximum absolute atomic E-state index is 13.6. The van der Waals surface area contributed by atoms with Crippen molar-refractivity contribution in [3.05, 3.63) is 29.3 Å². The van der Waals surface area contributed by atoms with Gasteiger partial charge in [-0.15, -0.1) is 0 Å². The Bertz CT molecular complexity index is 904. The summed E-state index contributed by atoms with van der Waals surface area (Å²) < 4.78 is 0. The first-order valence-corrected chi connectivity index (χ1v) is 13.7. The SMILES string of the molecule is Cc1ccc2c(c1)CCCCN2C(=O)C1CCN(C(=O)C2CC3CC4CC(C3)CC2C4)CC1. The van der Waals surface area contributed by atoms with Crippen LogP contribution in [0.1, 0.15) is 75.3 Å². The first-order valence-electron chi connectivity index (χ1n) is 13.7. The molecule has 33 heavy (non-hydrogen) atoms. The summed E-state index contributed by atoms with van der Waals surface area (Å²) in [6.45, 7) is 4.51. The minimum atomic E-state index is 0.0577. The maximum Gasteiger partial charge on any atom is 0.230 e. The lowest BCUT2D eigenvalue weighted by atomic mass is 9.67. The Kier molecular flexibility index (Phi) is 5.74. The fourth-order valence-corrected chi connectivity index (χ4v) is 8.33. The van der Waals surface area contributed by atoms with E-state index in [-0.39, 0.29) is 11.8 Å². The van der Waals surface area contributed by atoms with E-state index in [4.69, 9.17) is 0 Å². The number of likely N-dealkylation sites (tertiary alicyclic amines) is 1. The van der Waals surface area contributed by atoms with E-state index in [2.05, 4.69) is 34.9 Å². The number of hydrogen-bond acceptors (Lipinski definition) is 2. The van der Waals surface area contributed by atoms with Gasteiger partial charge in [-0.05, 0) is 113 Å². The normalized spacial score (nSPS) is 34.0. The third-order valence-electron chi connectivity index (χ3n) is 9.77. The summed E-state index contributed by atoms with van der Waals surface area (Å²) in [4.78, 5) is 31.4. The van der Waals surface area contributed by atoms with Crippen LogP contribution in [0.15, 0.2) is 18.2 Å². The summed E-state index contributed by atoms with van der Waals surface area (Å²) in [6.07, 6.45) is 12.9. The molecule has 1 saturated heterocycles. The first kappa shape index (κ1) is 21.7. The molecule has 1 aromatic carbocycles. The lowest BCUT2D eigenvalue weighted by molar-refractivity contribution is -0.141. The van der Waals surface area contributed by atoms with E-state index in [1.54, 1.807) is 0 Å². The van der Waals surface area contributed by atoms with Gasteiger partial charge in [0.25, 0.3) is 0 Å². The minimum absolute atomic E-state index is 0.0577. The summed E-state index contributed by atoms with van der Waals surface area (Å²) in [5.41, 5.74) is 3.73. The van der Waals surface area contributed by atoms with Crippen molar-refractivity contribution in [1.82, 2.24) is 4.90 Å². The fraction of sp³-hybridized carbons (Fsp3) is 0.724. The number of carbonyl (C=O) groups is 2. The summed E-state index contributed by atoms with van der Waals surface area (Å²) >= 11 is 0. The molecule has 2 heterocycles. The van der Waals surface area contributed by atoms with Crippen molar-refractivity contribution in [2.45, 2.75) is 77.6 Å². The van der Waals surface area contributed by atoms with Crippen molar-refractivity contribution in [3.63, 3.8) is 0 Å². The van der Waals surface area contributed by atoms with E-state index in [9.17, 15) is 9.59 Å². The average molecular weight is 449 g/mol. The van der Waals surface area contributed by atoms with Crippen LogP contribution < -0.4 is 4.90 Å². The summed E-state index contributed by atoms with van der Waals surface area (Å²) in [5.74, 6) is 4.25. The Morgan fingerprint density at radius 2 is 1.52 bits per heavy atom. The van der Waals surface area contributed by atoms with E-state index < -0.39 is 0 Å². The second kappa shape index (κ2) is 8.74. The van der Waals surface area contributed by atoms with Gasteiger partial charge in [0.15, 0.2) is 0 Å². The second-order valence-electron chi connectivity index (χ2n) is 12.1. The molecule has 5 fully saturated rings. The van der Waals surface area contributed by atoms with Gasteiger partial charge in [-0.1, -0.05) is 17.7 Å². The number of fused-ring (bicyclic) bond motifs is 2. The number of rotatable bonds is 2. The van der Waals surface area contributed by atoms with Gasteiger partial charge < -0.3 is 9.80 Å². The molecular weight excluding hydrogens is 408 g/mol. The Balaban J connectivity index is 1.11. The van der Waals surface area contributed by atoms with Gasteiger partial charge in [-0.3, -0.25) is 9.59 Å². The number of nitrogens with zero attached hydrogens (tertiary/aromatic N) is 2. The first-order chi connectivity index (χ1) is 16.0. The Morgan fingerprint density at radius 1 is 0.818 bits per heavy atom. The van der Waals surface area contributed by atoms with Crippen molar-refractivity contribution in [2.75, 3.05) is 24.5 Å².